The molecule has 0 heterocycles. The highest BCUT2D eigenvalue weighted by Crippen LogP contribution is 1.87. The van der Waals surface area contributed by atoms with E-state index in [2.05, 4.69) is 4.90 Å². The number of ether oxygens (including phenoxy) is 2. The predicted molar refractivity (Wildman–Crippen MR) is 59.6 cm³/mol. The highest BCUT2D eigenvalue weighted by molar-refractivity contribution is 4.67. The van der Waals surface area contributed by atoms with Gasteiger partial charge in [-0.25, -0.2) is 0 Å². The summed E-state index contributed by atoms with van der Waals surface area (Å²) >= 11 is 0. The highest BCUT2D eigenvalue weighted by Gasteiger charge is 1.98. The van der Waals surface area contributed by atoms with Gasteiger partial charge in [-0.3, -0.25) is 0 Å². The zero-order valence-corrected chi connectivity index (χ0v) is 9.81. The van der Waals surface area contributed by atoms with Crippen LogP contribution < -0.4 is 0 Å². The van der Waals surface area contributed by atoms with Gasteiger partial charge in [-0.05, 0) is 7.05 Å². The molecule has 0 radical (unpaired) electrons. The summed E-state index contributed by atoms with van der Waals surface area (Å²) in [5.74, 6) is 0. The molecule has 0 saturated heterocycles. The van der Waals surface area contributed by atoms with Gasteiger partial charge in [0.25, 0.3) is 0 Å². The van der Waals surface area contributed by atoms with Crippen molar-refractivity contribution >= 4 is 0 Å². The molecule has 0 saturated carbocycles. The minimum atomic E-state index is 0.445. The Balaban J connectivity index is 3.16. The lowest BCUT2D eigenvalue weighted by molar-refractivity contribution is 0.0880. The molecule has 0 bridgehead atoms. The second kappa shape index (κ2) is 11.9. The lowest BCUT2D eigenvalue weighted by Gasteiger charge is -2.16. The van der Waals surface area contributed by atoms with Crippen LogP contribution in [0.15, 0.2) is 0 Å². The van der Waals surface area contributed by atoms with E-state index in [1.807, 2.05) is 19.2 Å². The van der Waals surface area contributed by atoms with E-state index in [9.17, 15) is 0 Å². The Labute approximate surface area is 97.2 Å². The van der Waals surface area contributed by atoms with Crippen LogP contribution in [0.2, 0.25) is 0 Å². The largest absolute Gasteiger partial charge is 0.379 e. The van der Waals surface area contributed by atoms with E-state index in [0.717, 1.165) is 13.1 Å². The Morgan fingerprint density at radius 3 is 1.69 bits per heavy atom. The number of nitriles is 2. The minimum absolute atomic E-state index is 0.445. The molecule has 16 heavy (non-hydrogen) atoms. The molecule has 0 rings (SSSR count). The van der Waals surface area contributed by atoms with E-state index in [0.29, 0.717) is 39.3 Å². The van der Waals surface area contributed by atoms with Gasteiger partial charge < -0.3 is 14.4 Å². The van der Waals surface area contributed by atoms with Gasteiger partial charge in [0.15, 0.2) is 0 Å². The molecule has 0 aromatic carbocycles. The summed E-state index contributed by atoms with van der Waals surface area (Å²) < 4.78 is 10.5. The Morgan fingerprint density at radius 2 is 1.31 bits per heavy atom. The van der Waals surface area contributed by atoms with E-state index >= 15 is 0 Å². The summed E-state index contributed by atoms with van der Waals surface area (Å²) in [6.45, 7) is 3.93. The number of hydrogen-bond donors (Lipinski definition) is 0. The lowest BCUT2D eigenvalue weighted by atomic mass is 10.5. The monoisotopic (exact) mass is 225 g/mol. The Morgan fingerprint density at radius 1 is 0.875 bits per heavy atom. The van der Waals surface area contributed by atoms with E-state index in [1.165, 1.54) is 0 Å². The fourth-order valence-corrected chi connectivity index (χ4v) is 0.992. The van der Waals surface area contributed by atoms with Crippen molar-refractivity contribution in [1.82, 2.24) is 4.90 Å². The molecule has 0 spiro atoms. The smallest absolute Gasteiger partial charge is 0.0645 e. The average Bonchev–Trinajstić information content (AvgIpc) is 2.28. The molecule has 0 atom stereocenters. The maximum atomic E-state index is 8.28. The van der Waals surface area contributed by atoms with E-state index in [1.54, 1.807) is 0 Å². The fourth-order valence-electron chi connectivity index (χ4n) is 0.992. The summed E-state index contributed by atoms with van der Waals surface area (Å²) in [5.41, 5.74) is 0. The summed E-state index contributed by atoms with van der Waals surface area (Å²) in [4.78, 5) is 2.10. The van der Waals surface area contributed by atoms with Crippen molar-refractivity contribution in [2.45, 2.75) is 12.8 Å². The molecule has 90 valence electrons. The molecular formula is C11H19N3O2. The number of nitrogens with zero attached hydrogens (tertiary/aromatic N) is 3. The van der Waals surface area contributed by atoms with Gasteiger partial charge >= 0.3 is 0 Å². The Bertz CT molecular complexity index is 208. The molecular weight excluding hydrogens is 206 g/mol. The standard InChI is InChI=1S/C11H19N3O2/c1-14(6-10-15-8-2-4-12)7-11-16-9-3-5-13/h2-3,6-11H2,1H3. The van der Waals surface area contributed by atoms with Crippen molar-refractivity contribution in [2.75, 3.05) is 46.6 Å². The van der Waals surface area contributed by atoms with Gasteiger partial charge in [-0.1, -0.05) is 0 Å². The molecule has 0 aliphatic heterocycles. The third-order valence-corrected chi connectivity index (χ3v) is 1.95. The highest BCUT2D eigenvalue weighted by atomic mass is 16.5. The zero-order valence-electron chi connectivity index (χ0n) is 9.81. The first-order chi connectivity index (χ1) is 7.81. The topological polar surface area (TPSA) is 69.3 Å². The first-order valence-corrected chi connectivity index (χ1v) is 5.39. The van der Waals surface area contributed by atoms with Crippen LogP contribution in [0, 0.1) is 22.7 Å². The average molecular weight is 225 g/mol. The number of likely N-dealkylation sites (N-methyl/N-ethyl adjacent to an activating group) is 1. The van der Waals surface area contributed by atoms with Crippen molar-refractivity contribution in [1.29, 1.82) is 10.5 Å². The van der Waals surface area contributed by atoms with Crippen molar-refractivity contribution in [3.05, 3.63) is 0 Å². The molecule has 0 aliphatic carbocycles. The number of rotatable bonds is 10. The zero-order chi connectivity index (χ0) is 12.1. The fraction of sp³-hybridized carbons (Fsp3) is 0.818. The van der Waals surface area contributed by atoms with E-state index < -0.39 is 0 Å². The maximum absolute atomic E-state index is 8.28. The quantitative estimate of drug-likeness (QED) is 0.514. The normalized spacial score (nSPS) is 10.0. The van der Waals surface area contributed by atoms with Crippen molar-refractivity contribution in [3.8, 4) is 12.1 Å². The molecule has 0 fully saturated rings. The third-order valence-electron chi connectivity index (χ3n) is 1.95. The van der Waals surface area contributed by atoms with Gasteiger partial charge in [0.05, 0.1) is 51.4 Å². The molecule has 5 heteroatoms. The van der Waals surface area contributed by atoms with Gasteiger partial charge in [-0.2, -0.15) is 10.5 Å². The Kier molecular flexibility index (Phi) is 11.1. The third kappa shape index (κ3) is 10.9. The summed E-state index contributed by atoms with van der Waals surface area (Å²) in [5, 5.41) is 16.6. The van der Waals surface area contributed by atoms with Gasteiger partial charge in [-0.15, -0.1) is 0 Å². The maximum Gasteiger partial charge on any atom is 0.0645 e. The van der Waals surface area contributed by atoms with Gasteiger partial charge in [0.2, 0.25) is 0 Å². The second-order valence-corrected chi connectivity index (χ2v) is 3.34. The van der Waals surface area contributed by atoms with Crippen LogP contribution in [0.25, 0.3) is 0 Å². The van der Waals surface area contributed by atoms with Crippen LogP contribution in [-0.2, 0) is 9.47 Å². The first kappa shape index (κ1) is 14.9. The molecule has 0 aromatic heterocycles. The van der Waals surface area contributed by atoms with Crippen molar-refractivity contribution < 1.29 is 9.47 Å². The summed E-state index contributed by atoms with van der Waals surface area (Å²) in [7, 11) is 1.99. The molecule has 5 nitrogen and oxygen atoms in total. The van der Waals surface area contributed by atoms with Crippen LogP contribution in [0.4, 0.5) is 0 Å². The lowest BCUT2D eigenvalue weighted by Crippen LogP contribution is -2.27. The Hall–Kier alpha value is -1.14. The molecule has 0 amide bonds. The first-order valence-electron chi connectivity index (χ1n) is 5.39. The van der Waals surface area contributed by atoms with E-state index in [-0.39, 0.29) is 0 Å². The summed E-state index contributed by atoms with van der Waals surface area (Å²) in [6, 6.07) is 4.05. The molecule has 0 unspecified atom stereocenters. The second-order valence-electron chi connectivity index (χ2n) is 3.34. The van der Waals surface area contributed by atoms with Crippen LogP contribution >= 0.6 is 0 Å². The van der Waals surface area contributed by atoms with Gasteiger partial charge in [0, 0.05) is 13.1 Å². The van der Waals surface area contributed by atoms with Crippen LogP contribution in [0.1, 0.15) is 12.8 Å². The van der Waals surface area contributed by atoms with Crippen LogP contribution in [0.5, 0.6) is 0 Å². The van der Waals surface area contributed by atoms with Crippen LogP contribution in [-0.4, -0.2) is 51.5 Å². The molecule has 0 aromatic rings. The SMILES string of the molecule is CN(CCOCCC#N)CCOCCC#N. The predicted octanol–water partition coefficient (Wildman–Crippen LogP) is 0.779. The van der Waals surface area contributed by atoms with Crippen molar-refractivity contribution in [3.63, 3.8) is 0 Å². The number of hydrogen-bond acceptors (Lipinski definition) is 5. The molecule has 0 N–H and O–H groups in total. The summed E-state index contributed by atoms with van der Waals surface area (Å²) in [6.07, 6.45) is 0.891. The van der Waals surface area contributed by atoms with Gasteiger partial charge in [0.1, 0.15) is 0 Å². The molecule has 0 aliphatic rings. The van der Waals surface area contributed by atoms with Crippen LogP contribution in [0.3, 0.4) is 0 Å². The van der Waals surface area contributed by atoms with E-state index in [4.69, 9.17) is 20.0 Å². The minimum Gasteiger partial charge on any atom is -0.379 e. The van der Waals surface area contributed by atoms with Crippen molar-refractivity contribution in [2.24, 2.45) is 0 Å².